The van der Waals surface area contributed by atoms with Crippen LogP contribution < -0.4 is 0 Å². The van der Waals surface area contributed by atoms with Crippen LogP contribution in [0.25, 0.3) is 82.4 Å². The summed E-state index contributed by atoms with van der Waals surface area (Å²) in [6.07, 6.45) is 0. The number of hydrogen-bond donors (Lipinski definition) is 0. The van der Waals surface area contributed by atoms with Crippen LogP contribution in [0.15, 0.2) is 174 Å². The molecule has 0 saturated heterocycles. The van der Waals surface area contributed by atoms with Crippen LogP contribution in [0.5, 0.6) is 0 Å². The van der Waals surface area contributed by atoms with Gasteiger partial charge < -0.3 is 4.57 Å². The van der Waals surface area contributed by atoms with Gasteiger partial charge in [-0.1, -0.05) is 127 Å². The lowest BCUT2D eigenvalue weighted by molar-refractivity contribution is 1.18. The molecule has 0 atom stereocenters. The number of nitrogens with zero attached hydrogens (tertiary/aromatic N) is 1. The number of para-hydroxylation sites is 2. The Bertz CT molecular complexity index is 2640. The zero-order valence-electron chi connectivity index (χ0n) is 24.9. The van der Waals surface area contributed by atoms with E-state index in [-0.39, 0.29) is 0 Å². The van der Waals surface area contributed by atoms with Crippen LogP contribution >= 0.6 is 11.8 Å². The fourth-order valence-corrected chi connectivity index (χ4v) is 8.56. The quantitative estimate of drug-likeness (QED) is 0.195. The highest BCUT2D eigenvalue weighted by Crippen LogP contribution is 2.49. The Morgan fingerprint density at radius 1 is 0.370 bits per heavy atom. The van der Waals surface area contributed by atoms with Gasteiger partial charge in [-0.15, -0.1) is 0 Å². The Labute approximate surface area is 271 Å². The first kappa shape index (κ1) is 25.7. The van der Waals surface area contributed by atoms with Crippen LogP contribution in [0.2, 0.25) is 0 Å². The number of hydrogen-bond acceptors (Lipinski definition) is 1. The molecule has 1 aliphatic heterocycles. The summed E-state index contributed by atoms with van der Waals surface area (Å²) in [6.45, 7) is 0. The third-order valence-corrected chi connectivity index (χ3v) is 10.7. The molecule has 0 unspecified atom stereocenters. The summed E-state index contributed by atoms with van der Waals surface area (Å²) in [6, 6.07) is 60.2. The second-order valence-electron chi connectivity index (χ2n) is 12.1. The van der Waals surface area contributed by atoms with Crippen molar-refractivity contribution < 1.29 is 0 Å². The maximum atomic E-state index is 2.40. The van der Waals surface area contributed by atoms with Crippen molar-refractivity contribution in [3.05, 3.63) is 164 Å². The van der Waals surface area contributed by atoms with E-state index in [1.54, 1.807) is 0 Å². The van der Waals surface area contributed by atoms with E-state index in [0.717, 1.165) is 0 Å². The van der Waals surface area contributed by atoms with Gasteiger partial charge in [-0.25, -0.2) is 0 Å². The third kappa shape index (κ3) is 3.84. The molecule has 0 bridgehead atoms. The third-order valence-electron chi connectivity index (χ3n) is 9.57. The highest BCUT2D eigenvalue weighted by molar-refractivity contribution is 7.99. The summed E-state index contributed by atoms with van der Waals surface area (Å²) >= 11 is 1.88. The molecular formula is C44H27NS. The smallest absolute Gasteiger partial charge is 0.0547 e. The van der Waals surface area contributed by atoms with Gasteiger partial charge in [0.1, 0.15) is 0 Å². The molecule has 10 rings (SSSR count). The topological polar surface area (TPSA) is 4.93 Å². The second-order valence-corrected chi connectivity index (χ2v) is 13.2. The lowest BCUT2D eigenvalue weighted by Crippen LogP contribution is -1.93. The molecule has 214 valence electrons. The molecule has 2 heterocycles. The summed E-state index contributed by atoms with van der Waals surface area (Å²) in [7, 11) is 0. The normalized spacial score (nSPS) is 12.3. The number of fused-ring (bicyclic) bond motifs is 6. The number of rotatable bonds is 3. The first-order valence-electron chi connectivity index (χ1n) is 15.8. The van der Waals surface area contributed by atoms with E-state index in [1.165, 1.54) is 92.2 Å². The van der Waals surface area contributed by atoms with Crippen molar-refractivity contribution in [3.63, 3.8) is 0 Å². The lowest BCUT2D eigenvalue weighted by Gasteiger charge is -2.21. The van der Waals surface area contributed by atoms with Crippen LogP contribution in [-0.4, -0.2) is 4.57 Å². The summed E-state index contributed by atoms with van der Waals surface area (Å²) in [5.74, 6) is 0. The number of benzene rings is 8. The van der Waals surface area contributed by atoms with Gasteiger partial charge in [0.05, 0.1) is 11.0 Å². The molecule has 8 aromatic carbocycles. The monoisotopic (exact) mass is 601 g/mol. The van der Waals surface area contributed by atoms with E-state index in [9.17, 15) is 0 Å². The summed E-state index contributed by atoms with van der Waals surface area (Å²) in [5, 5.41) is 7.75. The predicted molar refractivity (Wildman–Crippen MR) is 196 cm³/mol. The molecule has 0 saturated carbocycles. The van der Waals surface area contributed by atoms with Crippen molar-refractivity contribution in [3.8, 4) is 39.1 Å². The Kier molecular flexibility index (Phi) is 5.58. The molecule has 2 heteroatoms. The van der Waals surface area contributed by atoms with Crippen LogP contribution in [0.1, 0.15) is 0 Å². The Balaban J connectivity index is 1.08. The van der Waals surface area contributed by atoms with Gasteiger partial charge in [0.25, 0.3) is 0 Å². The first-order chi connectivity index (χ1) is 22.8. The standard InChI is InChI=1S/C44H27NS/c1-2-12-33(13-3-1)45-40-17-5-4-14-35(40)38-27-37-32(26-41(38)45)11-7-15-34(37)29-21-19-28(20-22-29)31-23-24-42-39(25-31)36-16-6-9-30-10-8-18-43(46-42)44(30)36/h1-27H. The van der Waals surface area contributed by atoms with Gasteiger partial charge in [0.2, 0.25) is 0 Å². The summed E-state index contributed by atoms with van der Waals surface area (Å²) in [5.41, 5.74) is 11.3. The minimum atomic E-state index is 1.18. The summed E-state index contributed by atoms with van der Waals surface area (Å²) in [4.78, 5) is 2.66. The predicted octanol–water partition coefficient (Wildman–Crippen LogP) is 12.6. The molecule has 1 nitrogen and oxygen atoms in total. The van der Waals surface area contributed by atoms with E-state index in [0.29, 0.717) is 0 Å². The van der Waals surface area contributed by atoms with Crippen LogP contribution in [0.3, 0.4) is 0 Å². The van der Waals surface area contributed by atoms with Gasteiger partial charge in [0.15, 0.2) is 0 Å². The van der Waals surface area contributed by atoms with Crippen molar-refractivity contribution in [2.45, 2.75) is 9.79 Å². The van der Waals surface area contributed by atoms with Crippen molar-refractivity contribution in [2.75, 3.05) is 0 Å². The average molecular weight is 602 g/mol. The second kappa shape index (κ2) is 9.97. The Hall–Kier alpha value is -5.57. The zero-order chi connectivity index (χ0) is 30.2. The Morgan fingerprint density at radius 3 is 1.96 bits per heavy atom. The van der Waals surface area contributed by atoms with Crippen molar-refractivity contribution >= 4 is 55.1 Å². The van der Waals surface area contributed by atoms with Gasteiger partial charge in [-0.2, -0.15) is 0 Å². The average Bonchev–Trinajstić information content (AvgIpc) is 3.44. The van der Waals surface area contributed by atoms with E-state index < -0.39 is 0 Å². The molecular weight excluding hydrogens is 575 g/mol. The maximum Gasteiger partial charge on any atom is 0.0547 e. The molecule has 1 aromatic heterocycles. The minimum Gasteiger partial charge on any atom is -0.309 e. The van der Waals surface area contributed by atoms with Crippen molar-refractivity contribution in [1.29, 1.82) is 0 Å². The Morgan fingerprint density at radius 2 is 1.09 bits per heavy atom. The molecule has 1 aliphatic rings. The first-order valence-corrected chi connectivity index (χ1v) is 16.6. The van der Waals surface area contributed by atoms with Gasteiger partial charge in [-0.05, 0) is 98.1 Å². The van der Waals surface area contributed by atoms with Crippen molar-refractivity contribution in [2.24, 2.45) is 0 Å². The maximum absolute atomic E-state index is 2.40. The highest BCUT2D eigenvalue weighted by atomic mass is 32.2. The molecule has 0 N–H and O–H groups in total. The number of aromatic nitrogens is 1. The largest absolute Gasteiger partial charge is 0.309 e. The fourth-order valence-electron chi connectivity index (χ4n) is 7.43. The molecule has 46 heavy (non-hydrogen) atoms. The van der Waals surface area contributed by atoms with E-state index in [2.05, 4.69) is 168 Å². The SMILES string of the molecule is c1ccc(-n2c3ccccc3c3cc4c(-c5ccc(-c6ccc7c(c6)-c6cccc8cccc(c68)S7)cc5)cccc4cc32)cc1. The van der Waals surface area contributed by atoms with E-state index in [4.69, 9.17) is 0 Å². The summed E-state index contributed by atoms with van der Waals surface area (Å²) < 4.78 is 2.39. The highest BCUT2D eigenvalue weighted by Gasteiger charge is 2.20. The molecule has 9 aromatic rings. The molecule has 0 amide bonds. The molecule has 0 fully saturated rings. The van der Waals surface area contributed by atoms with Crippen molar-refractivity contribution in [1.82, 2.24) is 4.57 Å². The molecule has 0 spiro atoms. The van der Waals surface area contributed by atoms with Crippen LogP contribution in [-0.2, 0) is 0 Å². The van der Waals surface area contributed by atoms with Gasteiger partial charge in [-0.3, -0.25) is 0 Å². The van der Waals surface area contributed by atoms with E-state index in [1.807, 2.05) is 11.8 Å². The minimum absolute atomic E-state index is 1.18. The van der Waals surface area contributed by atoms with Crippen LogP contribution in [0, 0.1) is 0 Å². The fraction of sp³-hybridized carbons (Fsp3) is 0. The van der Waals surface area contributed by atoms with Crippen LogP contribution in [0.4, 0.5) is 0 Å². The van der Waals surface area contributed by atoms with Gasteiger partial charge >= 0.3 is 0 Å². The zero-order valence-corrected chi connectivity index (χ0v) is 25.8. The lowest BCUT2D eigenvalue weighted by atomic mass is 9.93. The van der Waals surface area contributed by atoms with Gasteiger partial charge in [0, 0.05) is 31.6 Å². The molecule has 0 radical (unpaired) electrons. The van der Waals surface area contributed by atoms with E-state index >= 15 is 0 Å². The molecule has 0 aliphatic carbocycles.